The van der Waals surface area contributed by atoms with Crippen LogP contribution in [0, 0.1) is 16.7 Å². The molecule has 2 aliphatic carbocycles. The van der Waals surface area contributed by atoms with Crippen molar-refractivity contribution in [2.75, 3.05) is 14.2 Å². The number of methoxy groups -OCH3 is 1. The van der Waals surface area contributed by atoms with Crippen LogP contribution in [0.4, 0.5) is 0 Å². The highest BCUT2D eigenvalue weighted by molar-refractivity contribution is 6.32. The minimum Gasteiger partial charge on any atom is -0.388 e. The van der Waals surface area contributed by atoms with Crippen LogP contribution in [0.15, 0.2) is 18.2 Å². The Labute approximate surface area is 115 Å². The molecule has 0 bridgehead atoms. The average Bonchev–Trinajstić information content (AvgIpc) is 3.30. The van der Waals surface area contributed by atoms with E-state index in [9.17, 15) is 10.1 Å². The van der Waals surface area contributed by atoms with E-state index in [4.69, 9.17) is 7.85 Å². The summed E-state index contributed by atoms with van der Waals surface area (Å²) < 4.78 is 4.25. The highest BCUT2D eigenvalue weighted by Crippen LogP contribution is 2.78. The molecular formula is C15H16BNO2. The first-order chi connectivity index (χ1) is 9.09. The largest absolute Gasteiger partial charge is 0.388 e. The van der Waals surface area contributed by atoms with E-state index in [-0.39, 0.29) is 5.41 Å². The molecule has 0 saturated heterocycles. The van der Waals surface area contributed by atoms with Crippen molar-refractivity contribution in [3.05, 3.63) is 29.3 Å². The van der Waals surface area contributed by atoms with Gasteiger partial charge in [0.2, 0.25) is 0 Å². The number of hydrogen-bond donors (Lipinski definition) is 0. The Kier molecular flexibility index (Phi) is 3.51. The van der Waals surface area contributed by atoms with Crippen molar-refractivity contribution >= 4 is 19.6 Å². The maximum atomic E-state index is 11.0. The summed E-state index contributed by atoms with van der Waals surface area (Å²) in [5.41, 5.74) is 1.81. The molecule has 0 heterocycles. The molecule has 0 N–H and O–H groups in total. The predicted molar refractivity (Wildman–Crippen MR) is 73.7 cm³/mol. The molecule has 2 aliphatic rings. The van der Waals surface area contributed by atoms with E-state index in [0.717, 1.165) is 31.1 Å². The van der Waals surface area contributed by atoms with E-state index in [1.54, 1.807) is 32.4 Å². The number of ether oxygens (including phenoxy) is 1. The van der Waals surface area contributed by atoms with Gasteiger partial charge in [-0.2, -0.15) is 5.26 Å². The monoisotopic (exact) mass is 253 g/mol. The molecule has 3 nitrogen and oxygen atoms in total. The molecule has 1 spiro atoms. The SMILES string of the molecule is COC.[B]c1ccc(C=O)c(C2(C#N)CC23CC3)c1. The molecule has 0 amide bonds. The second-order valence-corrected chi connectivity index (χ2v) is 5.35. The van der Waals surface area contributed by atoms with Gasteiger partial charge in [-0.1, -0.05) is 23.7 Å². The number of benzene rings is 1. The van der Waals surface area contributed by atoms with E-state index in [0.29, 0.717) is 11.0 Å². The summed E-state index contributed by atoms with van der Waals surface area (Å²) in [7, 11) is 8.99. The molecule has 1 atom stereocenters. The van der Waals surface area contributed by atoms with E-state index < -0.39 is 5.41 Å². The van der Waals surface area contributed by atoms with Gasteiger partial charge in [-0.15, -0.1) is 0 Å². The Morgan fingerprint density at radius 1 is 1.42 bits per heavy atom. The summed E-state index contributed by atoms with van der Waals surface area (Å²) in [5, 5.41) is 9.39. The number of carbonyl (C=O) groups excluding carboxylic acids is 1. The third-order valence-corrected chi connectivity index (χ3v) is 4.09. The van der Waals surface area contributed by atoms with Gasteiger partial charge in [0.1, 0.15) is 14.1 Å². The summed E-state index contributed by atoms with van der Waals surface area (Å²) in [4.78, 5) is 11.0. The number of carbonyl (C=O) groups is 1. The Hall–Kier alpha value is -1.60. The Morgan fingerprint density at radius 3 is 2.47 bits per heavy atom. The smallest absolute Gasteiger partial charge is 0.150 e. The fourth-order valence-corrected chi connectivity index (χ4v) is 2.86. The molecule has 0 aliphatic heterocycles. The number of nitrogens with zero attached hydrogens (tertiary/aromatic N) is 1. The zero-order valence-corrected chi connectivity index (χ0v) is 11.3. The maximum Gasteiger partial charge on any atom is 0.150 e. The van der Waals surface area contributed by atoms with Crippen LogP contribution in [0.3, 0.4) is 0 Å². The van der Waals surface area contributed by atoms with Crippen molar-refractivity contribution < 1.29 is 9.53 Å². The maximum absolute atomic E-state index is 11.0. The van der Waals surface area contributed by atoms with Crippen molar-refractivity contribution in [1.82, 2.24) is 0 Å². The number of aldehydes is 1. The van der Waals surface area contributed by atoms with Crippen LogP contribution < -0.4 is 5.46 Å². The lowest BCUT2D eigenvalue weighted by Gasteiger charge is -2.12. The van der Waals surface area contributed by atoms with Gasteiger partial charge in [0.25, 0.3) is 0 Å². The molecule has 96 valence electrons. The van der Waals surface area contributed by atoms with Crippen LogP contribution in [0.5, 0.6) is 0 Å². The average molecular weight is 253 g/mol. The topological polar surface area (TPSA) is 50.1 Å². The lowest BCUT2D eigenvalue weighted by Crippen LogP contribution is -2.15. The standard InChI is InChI=1S/C13H10BNO.C2H6O/c14-10-2-1-9(6-16)11(5-10)13(8-15)7-12(13)3-4-12;1-3-2/h1-2,5-6H,3-4,7H2;1-2H3. The van der Waals surface area contributed by atoms with Crippen molar-refractivity contribution in [3.8, 4) is 6.07 Å². The van der Waals surface area contributed by atoms with Crippen LogP contribution in [0.2, 0.25) is 0 Å². The van der Waals surface area contributed by atoms with Gasteiger partial charge < -0.3 is 4.74 Å². The van der Waals surface area contributed by atoms with Crippen molar-refractivity contribution in [1.29, 1.82) is 5.26 Å². The summed E-state index contributed by atoms with van der Waals surface area (Å²) >= 11 is 0. The lowest BCUT2D eigenvalue weighted by atomic mass is 9.84. The van der Waals surface area contributed by atoms with Gasteiger partial charge in [0.15, 0.2) is 0 Å². The normalized spacial score (nSPS) is 24.9. The summed E-state index contributed by atoms with van der Waals surface area (Å²) in [5.74, 6) is 0. The van der Waals surface area contributed by atoms with Gasteiger partial charge >= 0.3 is 0 Å². The van der Waals surface area contributed by atoms with Crippen LogP contribution in [0.1, 0.15) is 35.2 Å². The van der Waals surface area contributed by atoms with Gasteiger partial charge in [-0.3, -0.25) is 4.79 Å². The molecule has 19 heavy (non-hydrogen) atoms. The minimum atomic E-state index is -0.432. The molecule has 2 radical (unpaired) electrons. The van der Waals surface area contributed by atoms with Crippen LogP contribution in [-0.2, 0) is 10.2 Å². The molecule has 2 fully saturated rings. The molecule has 3 rings (SSSR count). The molecule has 1 aromatic carbocycles. The van der Waals surface area contributed by atoms with Crippen molar-refractivity contribution in [3.63, 3.8) is 0 Å². The molecule has 4 heteroatoms. The number of hydrogen-bond acceptors (Lipinski definition) is 3. The van der Waals surface area contributed by atoms with Gasteiger partial charge in [0.05, 0.1) is 11.5 Å². The Bertz CT molecular complexity index is 546. The second-order valence-electron chi connectivity index (χ2n) is 5.35. The first-order valence-corrected chi connectivity index (χ1v) is 6.26. The zero-order chi connectivity index (χ0) is 14.1. The van der Waals surface area contributed by atoms with Crippen molar-refractivity contribution in [2.45, 2.75) is 24.7 Å². The number of nitriles is 1. The van der Waals surface area contributed by atoms with E-state index in [2.05, 4.69) is 10.8 Å². The Morgan fingerprint density at radius 2 is 2.05 bits per heavy atom. The Balaban J connectivity index is 0.000000408. The quantitative estimate of drug-likeness (QED) is 0.592. The van der Waals surface area contributed by atoms with E-state index >= 15 is 0 Å². The fraction of sp³-hybridized carbons (Fsp3) is 0.467. The molecule has 1 unspecified atom stereocenters. The highest BCUT2D eigenvalue weighted by atomic mass is 16.4. The first-order valence-electron chi connectivity index (χ1n) is 6.26. The highest BCUT2D eigenvalue weighted by Gasteiger charge is 2.75. The minimum absolute atomic E-state index is 0.174. The molecule has 0 aromatic heterocycles. The fourth-order valence-electron chi connectivity index (χ4n) is 2.86. The number of rotatable bonds is 2. The second kappa shape index (κ2) is 4.83. The zero-order valence-electron chi connectivity index (χ0n) is 11.3. The van der Waals surface area contributed by atoms with Crippen LogP contribution in [-0.4, -0.2) is 28.4 Å². The van der Waals surface area contributed by atoms with Gasteiger partial charge in [-0.25, -0.2) is 0 Å². The summed E-state index contributed by atoms with van der Waals surface area (Å²) in [6, 6.07) is 7.62. The summed E-state index contributed by atoms with van der Waals surface area (Å²) in [6.45, 7) is 0. The first kappa shape index (κ1) is 13.8. The lowest BCUT2D eigenvalue weighted by molar-refractivity contribution is 0.112. The van der Waals surface area contributed by atoms with Crippen LogP contribution >= 0.6 is 0 Å². The van der Waals surface area contributed by atoms with E-state index in [1.807, 2.05) is 0 Å². The van der Waals surface area contributed by atoms with E-state index in [1.165, 1.54) is 0 Å². The molecule has 1 aromatic rings. The summed E-state index contributed by atoms with van der Waals surface area (Å²) in [6.07, 6.45) is 3.92. The predicted octanol–water partition coefficient (Wildman–Crippen LogP) is 1.50. The molecular weight excluding hydrogens is 237 g/mol. The third kappa shape index (κ3) is 2.09. The van der Waals surface area contributed by atoms with Gasteiger partial charge in [-0.05, 0) is 30.2 Å². The molecule has 2 saturated carbocycles. The third-order valence-electron chi connectivity index (χ3n) is 4.09. The van der Waals surface area contributed by atoms with Crippen LogP contribution in [0.25, 0.3) is 0 Å². The van der Waals surface area contributed by atoms with Crippen molar-refractivity contribution in [2.24, 2.45) is 5.41 Å². The van der Waals surface area contributed by atoms with Gasteiger partial charge in [0, 0.05) is 19.8 Å².